The molecule has 180 valence electrons. The highest BCUT2D eigenvalue weighted by Crippen LogP contribution is 2.40. The van der Waals surface area contributed by atoms with Gasteiger partial charge in [0.1, 0.15) is 13.2 Å². The monoisotopic (exact) mass is 470 g/mol. The largest absolute Gasteiger partial charge is 0.486 e. The Morgan fingerprint density at radius 3 is 2.54 bits per heavy atom. The Balaban J connectivity index is 1.31. The fourth-order valence-electron chi connectivity index (χ4n) is 5.59. The van der Waals surface area contributed by atoms with E-state index in [1.807, 2.05) is 29.2 Å². The van der Waals surface area contributed by atoms with Crippen LogP contribution < -0.4 is 14.8 Å². The Bertz CT molecular complexity index is 1200. The number of carbonyl (C=O) groups excluding carboxylic acids is 1. The first-order valence-corrected chi connectivity index (χ1v) is 12.4. The molecular formula is C29H30N2O4. The molecular weight excluding hydrogens is 440 g/mol. The van der Waals surface area contributed by atoms with E-state index in [-0.39, 0.29) is 23.8 Å². The maximum absolute atomic E-state index is 14.0. The summed E-state index contributed by atoms with van der Waals surface area (Å²) < 4.78 is 17.3. The third-order valence-electron chi connectivity index (χ3n) is 7.34. The van der Waals surface area contributed by atoms with Crippen molar-refractivity contribution in [3.63, 3.8) is 0 Å². The minimum Gasteiger partial charge on any atom is -0.486 e. The van der Waals surface area contributed by atoms with Gasteiger partial charge in [-0.2, -0.15) is 0 Å². The zero-order valence-corrected chi connectivity index (χ0v) is 19.7. The van der Waals surface area contributed by atoms with Crippen molar-refractivity contribution in [3.8, 4) is 22.6 Å². The Labute approximate surface area is 205 Å². The molecule has 3 aliphatic heterocycles. The highest BCUT2D eigenvalue weighted by atomic mass is 16.6. The van der Waals surface area contributed by atoms with E-state index in [1.54, 1.807) is 0 Å². The lowest BCUT2D eigenvalue weighted by Crippen LogP contribution is -2.47. The molecule has 6 nitrogen and oxygen atoms in total. The zero-order chi connectivity index (χ0) is 23.6. The molecule has 2 fully saturated rings. The van der Waals surface area contributed by atoms with Gasteiger partial charge >= 0.3 is 0 Å². The molecule has 3 aliphatic rings. The number of carbonyl (C=O) groups is 1. The molecule has 2 saturated heterocycles. The third kappa shape index (κ3) is 4.28. The van der Waals surface area contributed by atoms with Crippen LogP contribution in [0.3, 0.4) is 0 Å². The molecule has 3 aromatic rings. The lowest BCUT2D eigenvalue weighted by molar-refractivity contribution is -0.144. The van der Waals surface area contributed by atoms with Crippen LogP contribution >= 0.6 is 0 Å². The second kappa shape index (κ2) is 9.72. The molecule has 1 N–H and O–H groups in total. The van der Waals surface area contributed by atoms with E-state index in [4.69, 9.17) is 14.2 Å². The molecule has 6 heteroatoms. The quantitative estimate of drug-likeness (QED) is 0.624. The normalized spacial score (nSPS) is 23.8. The van der Waals surface area contributed by atoms with E-state index in [0.29, 0.717) is 39.5 Å². The average molecular weight is 471 g/mol. The summed E-state index contributed by atoms with van der Waals surface area (Å²) in [5.74, 6) is 1.73. The van der Waals surface area contributed by atoms with Gasteiger partial charge in [-0.1, -0.05) is 60.7 Å². The smallest absolute Gasteiger partial charge is 0.228 e. The first kappa shape index (κ1) is 22.1. The predicted octanol–water partition coefficient (Wildman–Crippen LogP) is 4.03. The first-order chi connectivity index (χ1) is 17.3. The van der Waals surface area contributed by atoms with Crippen molar-refractivity contribution in [2.75, 3.05) is 46.1 Å². The minimum atomic E-state index is -0.127. The van der Waals surface area contributed by atoms with Gasteiger partial charge in [-0.05, 0) is 34.4 Å². The highest BCUT2D eigenvalue weighted by Gasteiger charge is 2.40. The predicted molar refractivity (Wildman–Crippen MR) is 134 cm³/mol. The summed E-state index contributed by atoms with van der Waals surface area (Å²) in [4.78, 5) is 16.0. The van der Waals surface area contributed by atoms with Crippen molar-refractivity contribution in [3.05, 3.63) is 83.9 Å². The van der Waals surface area contributed by atoms with Crippen LogP contribution in [0, 0.1) is 5.92 Å². The zero-order valence-electron chi connectivity index (χ0n) is 19.7. The summed E-state index contributed by atoms with van der Waals surface area (Å²) in [5, 5.41) is 3.50. The Hall–Kier alpha value is -3.35. The van der Waals surface area contributed by atoms with Crippen molar-refractivity contribution in [1.82, 2.24) is 10.2 Å². The standard InChI is InChI=1S/C29H30N2O4/c32-29(31-12-13-33-19-26(31)20-6-2-1-3-7-20)25-18-30-17-24(25)23-9-5-4-8-22(23)21-10-11-27-28(16-21)35-15-14-34-27/h1-11,16,24-26,30H,12-15,17-19H2/t24-,25+,26+/m0/s1. The van der Waals surface area contributed by atoms with Crippen LogP contribution in [-0.4, -0.2) is 56.9 Å². The van der Waals surface area contributed by atoms with Crippen molar-refractivity contribution in [2.24, 2.45) is 5.92 Å². The molecule has 6 rings (SSSR count). The van der Waals surface area contributed by atoms with Crippen molar-refractivity contribution in [1.29, 1.82) is 0 Å². The summed E-state index contributed by atoms with van der Waals surface area (Å²) >= 11 is 0. The molecule has 0 unspecified atom stereocenters. The summed E-state index contributed by atoms with van der Waals surface area (Å²) in [6.07, 6.45) is 0. The van der Waals surface area contributed by atoms with Crippen LogP contribution in [0.5, 0.6) is 11.5 Å². The number of morpholine rings is 1. The number of nitrogens with zero attached hydrogens (tertiary/aromatic N) is 1. The van der Waals surface area contributed by atoms with E-state index in [0.717, 1.165) is 34.7 Å². The number of ether oxygens (including phenoxy) is 3. The number of nitrogens with one attached hydrogen (secondary N) is 1. The lowest BCUT2D eigenvalue weighted by Gasteiger charge is -2.38. The number of fused-ring (bicyclic) bond motifs is 1. The van der Waals surface area contributed by atoms with Crippen LogP contribution in [0.25, 0.3) is 11.1 Å². The Kier molecular flexibility index (Phi) is 6.15. The molecule has 35 heavy (non-hydrogen) atoms. The number of hydrogen-bond donors (Lipinski definition) is 1. The van der Waals surface area contributed by atoms with Gasteiger partial charge in [0, 0.05) is 25.6 Å². The topological polar surface area (TPSA) is 60.0 Å². The average Bonchev–Trinajstić information content (AvgIpc) is 3.43. The molecule has 0 bridgehead atoms. The first-order valence-electron chi connectivity index (χ1n) is 12.4. The van der Waals surface area contributed by atoms with Gasteiger partial charge in [-0.25, -0.2) is 0 Å². The summed E-state index contributed by atoms with van der Waals surface area (Å²) in [6, 6.07) is 24.7. The highest BCUT2D eigenvalue weighted by molar-refractivity contribution is 5.82. The molecule has 0 aromatic heterocycles. The van der Waals surface area contributed by atoms with Crippen molar-refractivity contribution in [2.45, 2.75) is 12.0 Å². The van der Waals surface area contributed by atoms with Crippen molar-refractivity contribution < 1.29 is 19.0 Å². The Morgan fingerprint density at radius 2 is 1.66 bits per heavy atom. The van der Waals surface area contributed by atoms with Crippen LogP contribution in [-0.2, 0) is 9.53 Å². The summed E-state index contributed by atoms with van der Waals surface area (Å²) in [7, 11) is 0. The molecule has 3 aromatic carbocycles. The molecule has 0 aliphatic carbocycles. The van der Waals surface area contributed by atoms with Gasteiger partial charge < -0.3 is 24.4 Å². The van der Waals surface area contributed by atoms with Gasteiger partial charge in [-0.3, -0.25) is 4.79 Å². The lowest BCUT2D eigenvalue weighted by atomic mass is 9.83. The fraction of sp³-hybridized carbons (Fsp3) is 0.345. The molecule has 0 radical (unpaired) electrons. The number of rotatable bonds is 4. The van der Waals surface area contributed by atoms with Gasteiger partial charge in [0.15, 0.2) is 11.5 Å². The molecule has 0 saturated carbocycles. The molecule has 3 atom stereocenters. The van der Waals surface area contributed by atoms with Crippen molar-refractivity contribution >= 4 is 5.91 Å². The van der Waals surface area contributed by atoms with Gasteiger partial charge in [-0.15, -0.1) is 0 Å². The number of hydrogen-bond acceptors (Lipinski definition) is 5. The van der Waals surface area contributed by atoms with Crippen LogP contribution in [0.4, 0.5) is 0 Å². The van der Waals surface area contributed by atoms with Gasteiger partial charge in [0.25, 0.3) is 0 Å². The maximum atomic E-state index is 14.0. The second-order valence-corrected chi connectivity index (χ2v) is 9.35. The maximum Gasteiger partial charge on any atom is 0.228 e. The van der Waals surface area contributed by atoms with Crippen LogP contribution in [0.2, 0.25) is 0 Å². The van der Waals surface area contributed by atoms with E-state index >= 15 is 0 Å². The molecule has 3 heterocycles. The summed E-state index contributed by atoms with van der Waals surface area (Å²) in [6.45, 7) is 4.32. The van der Waals surface area contributed by atoms with Gasteiger partial charge in [0.05, 0.1) is 25.2 Å². The number of benzene rings is 3. The van der Waals surface area contributed by atoms with Crippen LogP contribution in [0.15, 0.2) is 72.8 Å². The SMILES string of the molecule is O=C([C@@H]1CNC[C@H]1c1ccccc1-c1ccc2c(c1)OCCO2)N1CCOC[C@@H]1c1ccccc1. The van der Waals surface area contributed by atoms with E-state index < -0.39 is 0 Å². The summed E-state index contributed by atoms with van der Waals surface area (Å²) in [5.41, 5.74) is 4.53. The minimum absolute atomic E-state index is 0.0493. The third-order valence-corrected chi connectivity index (χ3v) is 7.34. The number of amides is 1. The van der Waals surface area contributed by atoms with Crippen LogP contribution in [0.1, 0.15) is 23.1 Å². The van der Waals surface area contributed by atoms with E-state index in [2.05, 4.69) is 53.8 Å². The Morgan fingerprint density at radius 1 is 0.857 bits per heavy atom. The fourth-order valence-corrected chi connectivity index (χ4v) is 5.59. The molecule has 1 amide bonds. The molecule has 0 spiro atoms. The van der Waals surface area contributed by atoms with E-state index in [1.165, 1.54) is 5.56 Å². The van der Waals surface area contributed by atoms with E-state index in [9.17, 15) is 4.79 Å². The second-order valence-electron chi connectivity index (χ2n) is 9.35. The van der Waals surface area contributed by atoms with Gasteiger partial charge in [0.2, 0.25) is 5.91 Å².